The predicted molar refractivity (Wildman–Crippen MR) is 76.9 cm³/mol. The Balaban J connectivity index is 0.00000120. The Morgan fingerprint density at radius 2 is 2.00 bits per heavy atom. The third-order valence-corrected chi connectivity index (χ3v) is 3.10. The molecule has 0 aromatic heterocycles. The highest BCUT2D eigenvalue weighted by molar-refractivity contribution is 5.94. The van der Waals surface area contributed by atoms with Gasteiger partial charge in [0, 0.05) is 18.5 Å². The molecular weight excluding hydrogens is 248 g/mol. The fraction of sp³-hybridized carbons (Fsp3) is 0.214. The third kappa shape index (κ3) is 2.27. The van der Waals surface area contributed by atoms with Crippen molar-refractivity contribution in [3.8, 4) is 5.75 Å². The molecule has 0 amide bonds. The Morgan fingerprint density at radius 3 is 2.78 bits per heavy atom. The number of amidine groups is 1. The largest absolute Gasteiger partial charge is 0.508 e. The van der Waals surface area contributed by atoms with Crippen LogP contribution in [0.2, 0.25) is 0 Å². The van der Waals surface area contributed by atoms with E-state index in [9.17, 15) is 5.11 Å². The number of rotatable bonds is 2. The second-order valence-electron chi connectivity index (χ2n) is 4.22. The van der Waals surface area contributed by atoms with Gasteiger partial charge in [-0.3, -0.25) is 4.99 Å². The van der Waals surface area contributed by atoms with Gasteiger partial charge in [-0.2, -0.15) is 0 Å². The second kappa shape index (κ2) is 5.27. The van der Waals surface area contributed by atoms with Gasteiger partial charge < -0.3 is 10.4 Å². The third-order valence-electron chi connectivity index (χ3n) is 3.10. The van der Waals surface area contributed by atoms with Crippen LogP contribution in [0.5, 0.6) is 5.75 Å². The quantitative estimate of drug-likeness (QED) is 0.874. The molecular formula is C14H15ClN2O. The molecule has 0 unspecified atom stereocenters. The molecule has 0 fully saturated rings. The van der Waals surface area contributed by atoms with Gasteiger partial charge in [0.1, 0.15) is 11.6 Å². The van der Waals surface area contributed by atoms with Crippen LogP contribution < -0.4 is 5.32 Å². The van der Waals surface area contributed by atoms with Crippen molar-refractivity contribution < 1.29 is 5.11 Å². The van der Waals surface area contributed by atoms with Crippen LogP contribution in [0.4, 0.5) is 0 Å². The van der Waals surface area contributed by atoms with Crippen LogP contribution in [-0.2, 0) is 6.42 Å². The topological polar surface area (TPSA) is 44.6 Å². The average molecular weight is 263 g/mol. The SMILES string of the molecule is Cl.Oc1ccc2ccccc2c1CC1=NCCN1. The Bertz CT molecular complexity index is 595. The van der Waals surface area contributed by atoms with Crippen molar-refractivity contribution >= 4 is 29.0 Å². The minimum atomic E-state index is 0. The molecule has 2 aromatic carbocycles. The highest BCUT2D eigenvalue weighted by Gasteiger charge is 2.12. The van der Waals surface area contributed by atoms with Crippen LogP contribution >= 0.6 is 12.4 Å². The summed E-state index contributed by atoms with van der Waals surface area (Å²) in [6.45, 7) is 1.74. The molecule has 18 heavy (non-hydrogen) atoms. The lowest BCUT2D eigenvalue weighted by atomic mass is 10.0. The van der Waals surface area contributed by atoms with Crippen LogP contribution in [0.1, 0.15) is 5.56 Å². The van der Waals surface area contributed by atoms with E-state index in [4.69, 9.17) is 0 Å². The van der Waals surface area contributed by atoms with Gasteiger partial charge in [-0.15, -0.1) is 12.4 Å². The molecule has 0 radical (unpaired) electrons. The predicted octanol–water partition coefficient (Wildman–Crippen LogP) is 2.51. The molecule has 94 valence electrons. The van der Waals surface area contributed by atoms with Crippen LogP contribution in [0.15, 0.2) is 41.4 Å². The van der Waals surface area contributed by atoms with Gasteiger partial charge >= 0.3 is 0 Å². The number of benzene rings is 2. The molecule has 3 nitrogen and oxygen atoms in total. The van der Waals surface area contributed by atoms with Gasteiger partial charge in [-0.1, -0.05) is 30.3 Å². The van der Waals surface area contributed by atoms with Crippen molar-refractivity contribution in [1.29, 1.82) is 0 Å². The van der Waals surface area contributed by atoms with Gasteiger partial charge in [0.05, 0.1) is 6.54 Å². The number of phenolic OH excluding ortho intramolecular Hbond substituents is 1. The van der Waals surface area contributed by atoms with E-state index in [0.29, 0.717) is 12.2 Å². The molecule has 0 spiro atoms. The van der Waals surface area contributed by atoms with E-state index < -0.39 is 0 Å². The van der Waals surface area contributed by atoms with Crippen LogP contribution in [0, 0.1) is 0 Å². The maximum Gasteiger partial charge on any atom is 0.119 e. The molecule has 0 saturated carbocycles. The van der Waals surface area contributed by atoms with E-state index in [1.54, 1.807) is 6.07 Å². The molecule has 4 heteroatoms. The van der Waals surface area contributed by atoms with Crippen molar-refractivity contribution in [2.45, 2.75) is 6.42 Å². The molecule has 3 rings (SSSR count). The van der Waals surface area contributed by atoms with E-state index in [1.807, 2.05) is 24.3 Å². The Morgan fingerprint density at radius 1 is 1.17 bits per heavy atom. The molecule has 1 aliphatic heterocycles. The molecule has 2 aromatic rings. The summed E-state index contributed by atoms with van der Waals surface area (Å²) in [7, 11) is 0. The van der Waals surface area contributed by atoms with Gasteiger partial charge in [-0.05, 0) is 16.8 Å². The number of aromatic hydroxyl groups is 1. The van der Waals surface area contributed by atoms with E-state index >= 15 is 0 Å². The Labute approximate surface area is 112 Å². The van der Waals surface area contributed by atoms with E-state index in [2.05, 4.69) is 16.4 Å². The summed E-state index contributed by atoms with van der Waals surface area (Å²) in [6, 6.07) is 11.8. The van der Waals surface area contributed by atoms with Crippen molar-refractivity contribution in [2.75, 3.05) is 13.1 Å². The summed E-state index contributed by atoms with van der Waals surface area (Å²) < 4.78 is 0. The van der Waals surface area contributed by atoms with Gasteiger partial charge in [0.2, 0.25) is 0 Å². The molecule has 0 atom stereocenters. The lowest BCUT2D eigenvalue weighted by Gasteiger charge is -2.09. The van der Waals surface area contributed by atoms with E-state index in [1.165, 1.54) is 0 Å². The van der Waals surface area contributed by atoms with Crippen molar-refractivity contribution in [2.24, 2.45) is 4.99 Å². The molecule has 1 aliphatic rings. The number of nitrogens with zero attached hydrogens (tertiary/aromatic N) is 1. The monoisotopic (exact) mass is 262 g/mol. The highest BCUT2D eigenvalue weighted by atomic mass is 35.5. The van der Waals surface area contributed by atoms with Gasteiger partial charge in [0.15, 0.2) is 0 Å². The number of fused-ring (bicyclic) bond motifs is 1. The number of halogens is 1. The molecule has 0 saturated heterocycles. The summed E-state index contributed by atoms with van der Waals surface area (Å²) in [4.78, 5) is 4.37. The minimum Gasteiger partial charge on any atom is -0.508 e. The van der Waals surface area contributed by atoms with Crippen LogP contribution in [0.3, 0.4) is 0 Å². The standard InChI is InChI=1S/C14H14N2O.ClH/c17-13-6-5-10-3-1-2-4-11(10)12(13)9-14-15-7-8-16-14;/h1-6,17H,7-9H2,(H,15,16);1H. The number of aliphatic imine (C=N–C) groups is 1. The molecule has 0 aliphatic carbocycles. The zero-order valence-electron chi connectivity index (χ0n) is 9.89. The lowest BCUT2D eigenvalue weighted by Crippen LogP contribution is -2.20. The number of hydrogen-bond acceptors (Lipinski definition) is 3. The summed E-state index contributed by atoms with van der Waals surface area (Å²) in [5, 5.41) is 15.5. The number of phenols is 1. The maximum atomic E-state index is 9.99. The van der Waals surface area contributed by atoms with E-state index in [-0.39, 0.29) is 12.4 Å². The van der Waals surface area contributed by atoms with Gasteiger partial charge in [-0.25, -0.2) is 0 Å². The average Bonchev–Trinajstić information content (AvgIpc) is 2.86. The second-order valence-corrected chi connectivity index (χ2v) is 4.22. The normalized spacial score (nSPS) is 13.9. The van der Waals surface area contributed by atoms with Crippen molar-refractivity contribution in [3.63, 3.8) is 0 Å². The first-order valence-corrected chi connectivity index (χ1v) is 5.81. The summed E-state index contributed by atoms with van der Waals surface area (Å²) in [5.41, 5.74) is 0.955. The number of hydrogen-bond donors (Lipinski definition) is 2. The van der Waals surface area contributed by atoms with Crippen LogP contribution in [-0.4, -0.2) is 24.0 Å². The molecule has 1 heterocycles. The summed E-state index contributed by atoms with van der Waals surface area (Å²) in [6.07, 6.45) is 0.674. The first-order chi connectivity index (χ1) is 8.34. The molecule has 0 bridgehead atoms. The van der Waals surface area contributed by atoms with Gasteiger partial charge in [0.25, 0.3) is 0 Å². The summed E-state index contributed by atoms with van der Waals surface area (Å²) >= 11 is 0. The van der Waals surface area contributed by atoms with Crippen molar-refractivity contribution in [3.05, 3.63) is 42.0 Å². The smallest absolute Gasteiger partial charge is 0.119 e. The highest BCUT2D eigenvalue weighted by Crippen LogP contribution is 2.27. The lowest BCUT2D eigenvalue weighted by molar-refractivity contribution is 0.471. The maximum absolute atomic E-state index is 9.99. The molecule has 2 N–H and O–H groups in total. The first kappa shape index (κ1) is 12.7. The fourth-order valence-electron chi connectivity index (χ4n) is 2.24. The number of nitrogens with one attached hydrogen (secondary N) is 1. The first-order valence-electron chi connectivity index (χ1n) is 5.81. The van der Waals surface area contributed by atoms with Crippen molar-refractivity contribution in [1.82, 2.24) is 5.32 Å². The summed E-state index contributed by atoms with van der Waals surface area (Å²) in [5.74, 6) is 1.32. The minimum absolute atomic E-state index is 0. The fourth-order valence-corrected chi connectivity index (χ4v) is 2.24. The Kier molecular flexibility index (Phi) is 3.72. The van der Waals surface area contributed by atoms with Crippen LogP contribution in [0.25, 0.3) is 10.8 Å². The zero-order valence-corrected chi connectivity index (χ0v) is 10.7. The Hall–Kier alpha value is -1.74. The van der Waals surface area contributed by atoms with E-state index in [0.717, 1.165) is 35.3 Å². The zero-order chi connectivity index (χ0) is 11.7.